The van der Waals surface area contributed by atoms with Gasteiger partial charge in [0.2, 0.25) is 12.0 Å². The van der Waals surface area contributed by atoms with Gasteiger partial charge in [-0.3, -0.25) is 19.2 Å². The molecule has 1 heterocycles. The van der Waals surface area contributed by atoms with E-state index < -0.39 is 130 Å². The Morgan fingerprint density at radius 1 is 0.795 bits per heavy atom. The van der Waals surface area contributed by atoms with Gasteiger partial charge in [0.05, 0.1) is 69.4 Å². The lowest BCUT2D eigenvalue weighted by Crippen LogP contribution is -2.82. The van der Waals surface area contributed by atoms with Gasteiger partial charge in [-0.25, -0.2) is 19.2 Å². The number of benzene rings is 3. The van der Waals surface area contributed by atoms with Gasteiger partial charge in [-0.15, -0.1) is 0 Å². The first kappa shape index (κ1) is 61.8. The summed E-state index contributed by atoms with van der Waals surface area (Å²) < 4.78 is 43.9. The molecule has 0 aromatic heterocycles. The SMILES string of the molecule is CC(=O)O[C@H]1C(=O)[C@@]2(C)[C@H]([C@H](OC(=O)c3ccccc3)[C@]3(O)C[C@H](OC(=O)[C@H](OC(=O)c4ccccc4)[C@@H](NC(=O)O[C@H]4/C=C/CC[C@@](C)(C(=O)NCC[N+](C)(C)C)CC4)c4ccccc4)C(C)=C1C3(C)C)[C@]1(OC(C)=O)CO[C@@H]1C[C@@H]2O. The van der Waals surface area contributed by atoms with Crippen LogP contribution in [-0.2, 0) is 57.1 Å². The molecule has 3 fully saturated rings. The predicted molar refractivity (Wildman–Crippen MR) is 298 cm³/mol. The zero-order chi connectivity index (χ0) is 60.5. The molecule has 20 heteroatoms. The number of quaternary nitrogens is 1. The summed E-state index contributed by atoms with van der Waals surface area (Å²) in [6.07, 6.45) is -7.63. The molecule has 8 rings (SSSR count). The molecule has 0 radical (unpaired) electrons. The number of nitrogens with zero attached hydrogens (tertiary/aromatic N) is 1. The number of aliphatic hydroxyl groups is 2. The number of aliphatic hydroxyl groups excluding tert-OH is 1. The highest BCUT2D eigenvalue weighted by Crippen LogP contribution is 2.64. The van der Waals surface area contributed by atoms with Crippen molar-refractivity contribution in [2.24, 2.45) is 22.2 Å². The standard InChI is InChI=1S/C63H77N3O17/c1-37-44(35-63(76)53(82-55(72)42-26-18-13-19-27-42)51-61(7,45(69)34-46-62(51,36-77-46)83-39(3)68)52(70)49(78-38(2)67)47(37)59(63,4)5)80-56(73)50(81-54(71)41-24-16-12-17-25-41)48(40-22-14-11-15-23-40)65-58(75)79-43-28-20-21-30-60(6,31-29-43)57(74)64-32-33-66(8,9)10/h11-20,22-28,43-46,48-51,53,69,76H,21,29-36H2,1-10H3,(H-,64,65,74,75)/p+1/b28-20+/t43-,44-,45-,46+,48-,49+,50+,51-,53-,60+,61+,62-,63+/m0/s1. The van der Waals surface area contributed by atoms with Gasteiger partial charge in [-0.1, -0.05) is 93.6 Å². The Kier molecular flexibility index (Phi) is 18.0. The fraction of sp³-hybridized carbons (Fsp3) is 0.524. The third kappa shape index (κ3) is 12.4. The first-order valence-electron chi connectivity index (χ1n) is 28.2. The van der Waals surface area contributed by atoms with E-state index in [0.29, 0.717) is 30.3 Å². The molecule has 2 bridgehead atoms. The van der Waals surface area contributed by atoms with E-state index in [4.69, 9.17) is 33.2 Å². The first-order chi connectivity index (χ1) is 39.1. The molecule has 0 unspecified atom stereocenters. The average Bonchev–Trinajstić information content (AvgIpc) is 1.91. The lowest BCUT2D eigenvalue weighted by Gasteiger charge is -2.67. The van der Waals surface area contributed by atoms with Crippen LogP contribution in [-0.4, -0.2) is 157 Å². The van der Waals surface area contributed by atoms with Crippen molar-refractivity contribution in [1.29, 1.82) is 0 Å². The number of allylic oxidation sites excluding steroid dienone is 1. The maximum atomic E-state index is 15.9. The lowest BCUT2D eigenvalue weighted by molar-refractivity contribution is -0.869. The summed E-state index contributed by atoms with van der Waals surface area (Å²) in [6, 6.07) is 22.2. The second-order valence-electron chi connectivity index (χ2n) is 24.7. The van der Waals surface area contributed by atoms with Crippen molar-refractivity contribution in [3.63, 3.8) is 0 Å². The van der Waals surface area contributed by atoms with Crippen molar-refractivity contribution in [3.8, 4) is 0 Å². The first-order valence-corrected chi connectivity index (χ1v) is 28.2. The third-order valence-electron chi connectivity index (χ3n) is 17.7. The molecule has 1 aliphatic heterocycles. The van der Waals surface area contributed by atoms with Gasteiger partial charge in [-0.05, 0) is 86.6 Å². The van der Waals surface area contributed by atoms with Crippen LogP contribution in [0, 0.1) is 22.2 Å². The molecule has 83 heavy (non-hydrogen) atoms. The summed E-state index contributed by atoms with van der Waals surface area (Å²) in [5, 5.41) is 32.2. The second kappa shape index (κ2) is 24.1. The van der Waals surface area contributed by atoms with Crippen LogP contribution < -0.4 is 10.6 Å². The molecule has 4 N–H and O–H groups in total. The molecule has 2 saturated carbocycles. The summed E-state index contributed by atoms with van der Waals surface area (Å²) in [7, 11) is 6.11. The molecule has 20 nitrogen and oxygen atoms in total. The zero-order valence-corrected chi connectivity index (χ0v) is 48.8. The Morgan fingerprint density at radius 3 is 1.99 bits per heavy atom. The number of rotatable bonds is 16. The van der Waals surface area contributed by atoms with Gasteiger partial charge in [0, 0.05) is 37.5 Å². The molecule has 3 aromatic carbocycles. The smallest absolute Gasteiger partial charge is 0.408 e. The van der Waals surface area contributed by atoms with Gasteiger partial charge in [0.25, 0.3) is 0 Å². The number of nitrogens with one attached hydrogen (secondary N) is 2. The number of amides is 2. The summed E-state index contributed by atoms with van der Waals surface area (Å²) in [5.74, 6) is -7.62. The van der Waals surface area contributed by atoms with Crippen LogP contribution in [0.1, 0.15) is 119 Å². The van der Waals surface area contributed by atoms with Crippen LogP contribution in [0.4, 0.5) is 4.79 Å². The van der Waals surface area contributed by atoms with Gasteiger partial charge >= 0.3 is 35.9 Å². The Hall–Kier alpha value is -7.26. The van der Waals surface area contributed by atoms with Crippen molar-refractivity contribution in [3.05, 3.63) is 131 Å². The molecular formula is C63H78N3O17+. The highest BCUT2D eigenvalue weighted by molar-refractivity contribution is 5.96. The molecule has 13 atom stereocenters. The minimum atomic E-state index is -2.50. The quantitative estimate of drug-likeness (QED) is 0.0536. The van der Waals surface area contributed by atoms with Gasteiger partial charge in [0.1, 0.15) is 36.1 Å². The number of ketones is 1. The van der Waals surface area contributed by atoms with Crippen LogP contribution >= 0.6 is 0 Å². The Bertz CT molecular complexity index is 3020. The highest BCUT2D eigenvalue weighted by atomic mass is 16.6. The van der Waals surface area contributed by atoms with Crippen LogP contribution in [0.25, 0.3) is 0 Å². The topological polar surface area (TPSA) is 266 Å². The van der Waals surface area contributed by atoms with E-state index in [1.807, 2.05) is 34.1 Å². The summed E-state index contributed by atoms with van der Waals surface area (Å²) in [4.78, 5) is 115. The minimum absolute atomic E-state index is 0.0294. The average molecular weight is 1150 g/mol. The Balaban J connectivity index is 1.21. The maximum Gasteiger partial charge on any atom is 0.408 e. The Labute approximate surface area is 483 Å². The lowest BCUT2D eigenvalue weighted by atomic mass is 9.44. The Morgan fingerprint density at radius 2 is 1.41 bits per heavy atom. The number of fused-ring (bicyclic) bond motifs is 5. The summed E-state index contributed by atoms with van der Waals surface area (Å²) >= 11 is 0. The molecule has 4 aliphatic carbocycles. The van der Waals surface area contributed by atoms with E-state index in [9.17, 15) is 39.0 Å². The highest BCUT2D eigenvalue weighted by Gasteiger charge is 2.78. The van der Waals surface area contributed by atoms with E-state index in [-0.39, 0.29) is 53.2 Å². The summed E-state index contributed by atoms with van der Waals surface area (Å²) in [6.45, 7) is 10.9. The number of hydrogen-bond donors (Lipinski definition) is 4. The number of alkyl carbamates (subject to hydrolysis) is 1. The van der Waals surface area contributed by atoms with Crippen molar-refractivity contribution in [2.75, 3.05) is 40.8 Å². The third-order valence-corrected chi connectivity index (χ3v) is 17.7. The number of carbonyl (C=O) groups excluding carboxylic acids is 8. The van der Waals surface area contributed by atoms with E-state index in [0.717, 1.165) is 20.4 Å². The monoisotopic (exact) mass is 1150 g/mol. The molecule has 0 spiro atoms. The molecule has 446 valence electrons. The maximum absolute atomic E-state index is 15.9. The fourth-order valence-electron chi connectivity index (χ4n) is 12.9. The normalized spacial score (nSPS) is 31.1. The van der Waals surface area contributed by atoms with Crippen molar-refractivity contribution in [2.45, 2.75) is 147 Å². The zero-order valence-electron chi connectivity index (χ0n) is 48.8. The number of Topliss-reactive ketones (excluding diaryl/α,β-unsaturated/α-hetero) is 1. The van der Waals surface area contributed by atoms with Crippen LogP contribution in [0.2, 0.25) is 0 Å². The van der Waals surface area contributed by atoms with Gasteiger partial charge in [-0.2, -0.15) is 0 Å². The molecule has 3 aromatic rings. The minimum Gasteiger partial charge on any atom is -0.455 e. The van der Waals surface area contributed by atoms with E-state index in [1.54, 1.807) is 86.7 Å². The number of carbonyl (C=O) groups is 8. The molecule has 2 amide bonds. The molecule has 1 saturated heterocycles. The van der Waals surface area contributed by atoms with E-state index >= 15 is 9.59 Å². The predicted octanol–water partition coefficient (Wildman–Crippen LogP) is 6.22. The number of esters is 5. The van der Waals surface area contributed by atoms with Gasteiger partial charge in [0.15, 0.2) is 17.5 Å². The number of hydrogen-bond acceptors (Lipinski definition) is 17. The summed E-state index contributed by atoms with van der Waals surface area (Å²) in [5.41, 5.74) is -8.64. The van der Waals surface area contributed by atoms with Crippen LogP contribution in [0.5, 0.6) is 0 Å². The van der Waals surface area contributed by atoms with E-state index in [2.05, 4.69) is 10.6 Å². The molecular weight excluding hydrogens is 1070 g/mol. The number of ether oxygens (including phenoxy) is 7. The number of likely N-dealkylation sites (N-methyl/N-ethyl adjacent to an activating group) is 1. The second-order valence-corrected chi connectivity index (χ2v) is 24.7. The van der Waals surface area contributed by atoms with Crippen molar-refractivity contribution < 1.29 is 86.2 Å². The van der Waals surface area contributed by atoms with Crippen LogP contribution in [0.15, 0.2) is 114 Å². The fourth-order valence-corrected chi connectivity index (χ4v) is 12.9. The van der Waals surface area contributed by atoms with Crippen molar-refractivity contribution >= 4 is 47.6 Å². The van der Waals surface area contributed by atoms with Gasteiger partial charge < -0.3 is 58.5 Å². The van der Waals surface area contributed by atoms with Crippen LogP contribution in [0.3, 0.4) is 0 Å². The largest absolute Gasteiger partial charge is 0.455 e. The van der Waals surface area contributed by atoms with Crippen molar-refractivity contribution in [1.82, 2.24) is 10.6 Å². The molecule has 5 aliphatic rings. The van der Waals surface area contributed by atoms with E-state index in [1.165, 1.54) is 38.1 Å².